The molecule has 0 aliphatic carbocycles. The smallest absolute Gasteiger partial charge is 0.280 e. The molecule has 0 atom stereocenters. The number of aromatic nitrogens is 2. The molecule has 26 heavy (non-hydrogen) atoms. The Bertz CT molecular complexity index is 878. The second kappa shape index (κ2) is 7.48. The van der Waals surface area contributed by atoms with Crippen molar-refractivity contribution in [2.45, 2.75) is 20.3 Å². The number of carbonyl (C=O) groups is 1. The molecule has 1 aromatic heterocycles. The monoisotopic (exact) mass is 376 g/mol. The number of anilines is 1. The van der Waals surface area contributed by atoms with E-state index in [0.29, 0.717) is 22.5 Å². The SMILES string of the molecule is CC(C)Cc1nnc(NC(=O)/C=C/c2cc3c(cc2[N+](=O)[O-])OCO3)s1. The Morgan fingerprint density at radius 1 is 1.38 bits per heavy atom. The van der Waals surface area contributed by atoms with Crippen LogP contribution in [0.1, 0.15) is 24.4 Å². The summed E-state index contributed by atoms with van der Waals surface area (Å²) >= 11 is 1.30. The van der Waals surface area contributed by atoms with E-state index >= 15 is 0 Å². The van der Waals surface area contributed by atoms with E-state index in [1.54, 1.807) is 0 Å². The van der Waals surface area contributed by atoms with Crippen molar-refractivity contribution in [3.63, 3.8) is 0 Å². The van der Waals surface area contributed by atoms with Crippen LogP contribution in [0.15, 0.2) is 18.2 Å². The van der Waals surface area contributed by atoms with Gasteiger partial charge in [-0.2, -0.15) is 0 Å². The lowest BCUT2D eigenvalue weighted by Gasteiger charge is -2.01. The van der Waals surface area contributed by atoms with Crippen LogP contribution in [-0.4, -0.2) is 27.8 Å². The van der Waals surface area contributed by atoms with E-state index in [1.807, 2.05) is 0 Å². The molecular weight excluding hydrogens is 360 g/mol. The average molecular weight is 376 g/mol. The van der Waals surface area contributed by atoms with Crippen LogP contribution < -0.4 is 14.8 Å². The number of carbonyl (C=O) groups excluding carboxylic acids is 1. The van der Waals surface area contributed by atoms with Gasteiger partial charge in [-0.3, -0.25) is 20.2 Å². The van der Waals surface area contributed by atoms with Crippen molar-refractivity contribution in [3.05, 3.63) is 38.9 Å². The van der Waals surface area contributed by atoms with Crippen LogP contribution in [0.2, 0.25) is 0 Å². The van der Waals surface area contributed by atoms with Gasteiger partial charge in [0.25, 0.3) is 5.69 Å². The Balaban J connectivity index is 1.72. The van der Waals surface area contributed by atoms with E-state index in [2.05, 4.69) is 29.4 Å². The number of fused-ring (bicyclic) bond motifs is 1. The van der Waals surface area contributed by atoms with Gasteiger partial charge in [-0.25, -0.2) is 0 Å². The molecule has 0 saturated carbocycles. The van der Waals surface area contributed by atoms with Crippen molar-refractivity contribution in [3.8, 4) is 11.5 Å². The van der Waals surface area contributed by atoms with Crippen molar-refractivity contribution in [1.29, 1.82) is 0 Å². The van der Waals surface area contributed by atoms with E-state index in [0.717, 1.165) is 11.4 Å². The minimum absolute atomic E-state index is 0.00982. The molecule has 1 aliphatic heterocycles. The van der Waals surface area contributed by atoms with E-state index in [1.165, 1.54) is 35.6 Å². The Morgan fingerprint density at radius 2 is 2.12 bits per heavy atom. The predicted octanol–water partition coefficient (Wildman–Crippen LogP) is 3.03. The minimum atomic E-state index is -0.539. The summed E-state index contributed by atoms with van der Waals surface area (Å²) in [6, 6.07) is 2.75. The van der Waals surface area contributed by atoms with Crippen molar-refractivity contribution in [2.75, 3.05) is 12.1 Å². The van der Waals surface area contributed by atoms with Crippen molar-refractivity contribution in [2.24, 2.45) is 5.92 Å². The van der Waals surface area contributed by atoms with Crippen molar-refractivity contribution >= 4 is 34.1 Å². The normalized spacial score (nSPS) is 12.7. The number of rotatable bonds is 6. The Kier molecular flexibility index (Phi) is 5.12. The molecule has 9 nitrogen and oxygen atoms in total. The number of nitro benzene ring substituents is 1. The lowest BCUT2D eigenvalue weighted by atomic mass is 10.1. The molecule has 1 aliphatic rings. The molecule has 1 amide bonds. The zero-order chi connectivity index (χ0) is 18.7. The summed E-state index contributed by atoms with van der Waals surface area (Å²) < 4.78 is 10.3. The molecule has 0 unspecified atom stereocenters. The summed E-state index contributed by atoms with van der Waals surface area (Å²) in [4.78, 5) is 22.7. The van der Waals surface area contributed by atoms with Gasteiger partial charge in [-0.1, -0.05) is 25.2 Å². The molecule has 1 N–H and O–H groups in total. The van der Waals surface area contributed by atoms with Crippen LogP contribution in [0, 0.1) is 16.0 Å². The minimum Gasteiger partial charge on any atom is -0.454 e. The first kappa shape index (κ1) is 17.8. The van der Waals surface area contributed by atoms with Crippen LogP contribution in [0.3, 0.4) is 0 Å². The van der Waals surface area contributed by atoms with E-state index in [4.69, 9.17) is 9.47 Å². The second-order valence-electron chi connectivity index (χ2n) is 5.94. The molecule has 1 aromatic carbocycles. The van der Waals surface area contributed by atoms with Gasteiger partial charge in [-0.15, -0.1) is 10.2 Å². The zero-order valence-corrected chi connectivity index (χ0v) is 14.9. The van der Waals surface area contributed by atoms with Crippen LogP contribution in [-0.2, 0) is 11.2 Å². The van der Waals surface area contributed by atoms with Gasteiger partial charge in [-0.05, 0) is 18.1 Å². The summed E-state index contributed by atoms with van der Waals surface area (Å²) in [7, 11) is 0. The number of hydrogen-bond acceptors (Lipinski definition) is 8. The van der Waals surface area contributed by atoms with E-state index < -0.39 is 10.8 Å². The number of amides is 1. The van der Waals surface area contributed by atoms with Gasteiger partial charge in [0.05, 0.1) is 16.6 Å². The lowest BCUT2D eigenvalue weighted by molar-refractivity contribution is -0.385. The number of benzene rings is 1. The number of nitrogens with one attached hydrogen (secondary N) is 1. The maximum atomic E-state index is 12.0. The highest BCUT2D eigenvalue weighted by atomic mass is 32.1. The summed E-state index contributed by atoms with van der Waals surface area (Å²) in [5, 5.41) is 23.0. The molecule has 136 valence electrons. The Labute approximate surface area is 152 Å². The predicted molar refractivity (Wildman–Crippen MR) is 95.3 cm³/mol. The standard InChI is InChI=1S/C16H16N4O5S/c1-9(2)5-15-18-19-16(26-15)17-14(21)4-3-10-6-12-13(25-8-24-12)7-11(10)20(22)23/h3-4,6-7,9H,5,8H2,1-2H3,(H,17,19,21)/b4-3+. The molecule has 2 heterocycles. The summed E-state index contributed by atoms with van der Waals surface area (Å²) in [5.74, 6) is 0.699. The fourth-order valence-electron chi connectivity index (χ4n) is 2.29. The third kappa shape index (κ3) is 4.14. The molecule has 0 fully saturated rings. The summed E-state index contributed by atoms with van der Waals surface area (Å²) in [6.07, 6.45) is 3.34. The summed E-state index contributed by atoms with van der Waals surface area (Å²) in [5.41, 5.74) is 0.0700. The molecule has 2 aromatic rings. The lowest BCUT2D eigenvalue weighted by Crippen LogP contribution is -2.07. The topological polar surface area (TPSA) is 116 Å². The average Bonchev–Trinajstić information content (AvgIpc) is 3.20. The highest BCUT2D eigenvalue weighted by molar-refractivity contribution is 7.15. The summed E-state index contributed by atoms with van der Waals surface area (Å²) in [6.45, 7) is 4.15. The zero-order valence-electron chi connectivity index (χ0n) is 14.1. The number of nitro groups is 1. The molecular formula is C16H16N4O5S. The van der Waals surface area contributed by atoms with Gasteiger partial charge in [0.15, 0.2) is 11.5 Å². The van der Waals surface area contributed by atoms with E-state index in [-0.39, 0.29) is 18.0 Å². The first-order chi connectivity index (χ1) is 12.4. The van der Waals surface area contributed by atoms with Crippen LogP contribution in [0.25, 0.3) is 6.08 Å². The first-order valence-electron chi connectivity index (χ1n) is 7.82. The van der Waals surface area contributed by atoms with Crippen molar-refractivity contribution in [1.82, 2.24) is 10.2 Å². The molecule has 10 heteroatoms. The Hall–Kier alpha value is -3.01. The fourth-order valence-corrected chi connectivity index (χ4v) is 3.24. The highest BCUT2D eigenvalue weighted by Crippen LogP contribution is 2.38. The molecule has 0 saturated heterocycles. The third-order valence-electron chi connectivity index (χ3n) is 3.41. The molecule has 3 rings (SSSR count). The van der Waals surface area contributed by atoms with Gasteiger partial charge in [0, 0.05) is 12.5 Å². The number of nitrogens with zero attached hydrogens (tertiary/aromatic N) is 3. The van der Waals surface area contributed by atoms with Gasteiger partial charge >= 0.3 is 0 Å². The van der Waals surface area contributed by atoms with Gasteiger partial charge in [0.1, 0.15) is 5.01 Å². The van der Waals surface area contributed by atoms with Crippen LogP contribution in [0.5, 0.6) is 11.5 Å². The maximum Gasteiger partial charge on any atom is 0.280 e. The van der Waals surface area contributed by atoms with Gasteiger partial charge < -0.3 is 9.47 Å². The molecule has 0 spiro atoms. The number of hydrogen-bond donors (Lipinski definition) is 1. The maximum absolute atomic E-state index is 12.0. The Morgan fingerprint density at radius 3 is 2.81 bits per heavy atom. The molecule has 0 bridgehead atoms. The van der Waals surface area contributed by atoms with Crippen molar-refractivity contribution < 1.29 is 19.2 Å². The van der Waals surface area contributed by atoms with Crippen LogP contribution in [0.4, 0.5) is 10.8 Å². The molecule has 0 radical (unpaired) electrons. The largest absolute Gasteiger partial charge is 0.454 e. The first-order valence-corrected chi connectivity index (χ1v) is 8.63. The van der Waals surface area contributed by atoms with Gasteiger partial charge in [0.2, 0.25) is 17.8 Å². The third-order valence-corrected chi connectivity index (χ3v) is 4.27. The quantitative estimate of drug-likeness (QED) is 0.468. The van der Waals surface area contributed by atoms with Crippen LogP contribution >= 0.6 is 11.3 Å². The number of ether oxygens (including phenoxy) is 2. The highest BCUT2D eigenvalue weighted by Gasteiger charge is 2.22. The van der Waals surface area contributed by atoms with E-state index in [9.17, 15) is 14.9 Å². The second-order valence-corrected chi connectivity index (χ2v) is 7.00. The fraction of sp³-hybridized carbons (Fsp3) is 0.312.